The van der Waals surface area contributed by atoms with Crippen LogP contribution in [-0.4, -0.2) is 26.9 Å². The molecule has 1 unspecified atom stereocenters. The van der Waals surface area contributed by atoms with Gasteiger partial charge in [0.15, 0.2) is 0 Å². The third-order valence-electron chi connectivity index (χ3n) is 5.73. The lowest BCUT2D eigenvalue weighted by Crippen LogP contribution is -2.29. The maximum absolute atomic E-state index is 13.4. The lowest BCUT2D eigenvalue weighted by Gasteiger charge is -2.16. The molecule has 32 heavy (non-hydrogen) atoms. The Morgan fingerprint density at radius 3 is 2.72 bits per heavy atom. The first-order chi connectivity index (χ1) is 15.5. The Morgan fingerprint density at radius 1 is 1.28 bits per heavy atom. The molecule has 7 heteroatoms. The topological polar surface area (TPSA) is 59.8 Å². The number of carbonyl (C=O) groups excluding carboxylic acids is 1. The van der Waals surface area contributed by atoms with Crippen LogP contribution in [0.4, 0.5) is 0 Å². The molecule has 0 spiro atoms. The largest absolute Gasteiger partial charge is 0.344 e. The molecule has 1 atom stereocenters. The van der Waals surface area contributed by atoms with Crippen molar-refractivity contribution in [2.45, 2.75) is 50.4 Å². The van der Waals surface area contributed by atoms with Crippen LogP contribution in [0.1, 0.15) is 61.7 Å². The SMILES string of the molecule is CCC1=Cc2c(cnn2-c2ccc(C)cc2)C(C(=O)NC(CC)c2csc(SC)n2)=CC1. The minimum atomic E-state index is -0.113. The number of benzene rings is 1. The van der Waals surface area contributed by atoms with Crippen molar-refractivity contribution in [3.05, 3.63) is 70.0 Å². The molecule has 0 bridgehead atoms. The first-order valence-electron chi connectivity index (χ1n) is 10.9. The summed E-state index contributed by atoms with van der Waals surface area (Å²) in [5, 5.41) is 9.91. The predicted octanol–water partition coefficient (Wildman–Crippen LogP) is 6.21. The van der Waals surface area contributed by atoms with Gasteiger partial charge in [-0.2, -0.15) is 5.10 Å². The number of carbonyl (C=O) groups is 1. The number of hydrogen-bond donors (Lipinski definition) is 1. The summed E-state index contributed by atoms with van der Waals surface area (Å²) in [6, 6.07) is 8.18. The Balaban J connectivity index is 1.68. The minimum Gasteiger partial charge on any atom is -0.344 e. The Labute approximate surface area is 197 Å². The maximum Gasteiger partial charge on any atom is 0.252 e. The van der Waals surface area contributed by atoms with Gasteiger partial charge in [-0.05, 0) is 50.7 Å². The van der Waals surface area contributed by atoms with E-state index in [0.29, 0.717) is 5.57 Å². The average molecular weight is 465 g/mol. The molecule has 1 amide bonds. The van der Waals surface area contributed by atoms with Gasteiger partial charge in [0.1, 0.15) is 4.34 Å². The molecule has 0 fully saturated rings. The molecule has 3 aromatic rings. The standard InChI is InChI=1S/C25H28N4OS2/c1-5-17-9-12-19(24(30)27-21(6-2)22-15-32-25(28-22)31-4)20-14-26-29(23(20)13-17)18-10-7-16(3)8-11-18/h7-8,10-15,21H,5-6,9H2,1-4H3,(H,27,30). The Bertz CT molecular complexity index is 1170. The molecule has 0 radical (unpaired) electrons. The molecule has 2 aromatic heterocycles. The molecule has 1 aliphatic carbocycles. The van der Waals surface area contributed by atoms with Gasteiger partial charge in [0.2, 0.25) is 0 Å². The Kier molecular flexibility index (Phi) is 6.96. The van der Waals surface area contributed by atoms with E-state index in [0.717, 1.165) is 46.2 Å². The van der Waals surface area contributed by atoms with E-state index in [-0.39, 0.29) is 11.9 Å². The van der Waals surface area contributed by atoms with Crippen LogP contribution in [0, 0.1) is 6.92 Å². The number of aromatic nitrogens is 3. The summed E-state index contributed by atoms with van der Waals surface area (Å²) < 4.78 is 2.94. The van der Waals surface area contributed by atoms with Crippen LogP contribution < -0.4 is 5.32 Å². The lowest BCUT2D eigenvalue weighted by molar-refractivity contribution is -0.116. The van der Waals surface area contributed by atoms with Crippen LogP contribution in [0.2, 0.25) is 0 Å². The smallest absolute Gasteiger partial charge is 0.252 e. The summed E-state index contributed by atoms with van der Waals surface area (Å²) >= 11 is 3.24. The lowest BCUT2D eigenvalue weighted by atomic mass is 10.0. The minimum absolute atomic E-state index is 0.0778. The third kappa shape index (κ3) is 4.59. The molecular weight excluding hydrogens is 436 g/mol. The summed E-state index contributed by atoms with van der Waals surface area (Å²) in [5.74, 6) is -0.0778. The van der Waals surface area contributed by atoms with Crippen molar-refractivity contribution in [2.75, 3.05) is 6.26 Å². The highest BCUT2D eigenvalue weighted by Crippen LogP contribution is 2.31. The van der Waals surface area contributed by atoms with Crippen LogP contribution in [0.15, 0.2) is 51.8 Å². The van der Waals surface area contributed by atoms with Gasteiger partial charge in [0.25, 0.3) is 5.91 Å². The summed E-state index contributed by atoms with van der Waals surface area (Å²) in [5.41, 5.74) is 6.89. The zero-order chi connectivity index (χ0) is 22.7. The Morgan fingerprint density at radius 2 is 2.06 bits per heavy atom. The first-order valence-corrected chi connectivity index (χ1v) is 13.0. The quantitative estimate of drug-likeness (QED) is 0.423. The molecule has 1 aliphatic rings. The third-order valence-corrected chi connectivity index (χ3v) is 7.61. The Hall–Kier alpha value is -2.64. The molecule has 2 heterocycles. The van der Waals surface area contributed by atoms with Crippen LogP contribution in [0.25, 0.3) is 17.3 Å². The monoisotopic (exact) mass is 464 g/mol. The zero-order valence-electron chi connectivity index (χ0n) is 18.9. The highest BCUT2D eigenvalue weighted by Gasteiger charge is 2.24. The normalized spacial score (nSPS) is 14.2. The van der Waals surface area contributed by atoms with E-state index in [9.17, 15) is 4.79 Å². The van der Waals surface area contributed by atoms with Gasteiger partial charge in [-0.3, -0.25) is 4.79 Å². The first kappa shape index (κ1) is 22.6. The summed E-state index contributed by atoms with van der Waals surface area (Å²) in [6.07, 6.45) is 10.5. The van der Waals surface area contributed by atoms with Gasteiger partial charge < -0.3 is 5.32 Å². The van der Waals surface area contributed by atoms with Crippen molar-refractivity contribution in [2.24, 2.45) is 0 Å². The molecule has 0 saturated carbocycles. The van der Waals surface area contributed by atoms with E-state index >= 15 is 0 Å². The predicted molar refractivity (Wildman–Crippen MR) is 134 cm³/mol. The number of fused-ring (bicyclic) bond motifs is 1. The van der Waals surface area contributed by atoms with Crippen molar-refractivity contribution >= 4 is 40.7 Å². The number of aryl methyl sites for hydroxylation is 1. The number of thiazole rings is 1. The fourth-order valence-electron chi connectivity index (χ4n) is 3.80. The van der Waals surface area contributed by atoms with Crippen molar-refractivity contribution < 1.29 is 4.79 Å². The van der Waals surface area contributed by atoms with Gasteiger partial charge in [-0.15, -0.1) is 11.3 Å². The van der Waals surface area contributed by atoms with E-state index in [4.69, 9.17) is 0 Å². The molecule has 166 valence electrons. The molecule has 4 rings (SSSR count). The second-order valence-electron chi connectivity index (χ2n) is 7.85. The van der Waals surface area contributed by atoms with Crippen LogP contribution in [0.5, 0.6) is 0 Å². The number of rotatable bonds is 7. The second kappa shape index (κ2) is 9.88. The van der Waals surface area contributed by atoms with Crippen LogP contribution in [-0.2, 0) is 4.79 Å². The molecule has 5 nitrogen and oxygen atoms in total. The number of hydrogen-bond acceptors (Lipinski definition) is 5. The maximum atomic E-state index is 13.4. The number of allylic oxidation sites excluding steroid dienone is 2. The van der Waals surface area contributed by atoms with Gasteiger partial charge in [0.05, 0.1) is 29.3 Å². The zero-order valence-corrected chi connectivity index (χ0v) is 20.5. The fraction of sp³-hybridized carbons (Fsp3) is 0.320. The van der Waals surface area contributed by atoms with E-state index < -0.39 is 0 Å². The molecule has 1 aromatic carbocycles. The van der Waals surface area contributed by atoms with Crippen molar-refractivity contribution in [1.82, 2.24) is 20.1 Å². The van der Waals surface area contributed by atoms with Gasteiger partial charge >= 0.3 is 0 Å². The summed E-state index contributed by atoms with van der Waals surface area (Å²) in [7, 11) is 0. The molecule has 0 aliphatic heterocycles. The van der Waals surface area contributed by atoms with Crippen LogP contribution in [0.3, 0.4) is 0 Å². The molecule has 1 N–H and O–H groups in total. The number of amides is 1. The van der Waals surface area contributed by atoms with E-state index in [1.165, 1.54) is 11.1 Å². The number of nitrogens with zero attached hydrogens (tertiary/aromatic N) is 3. The second-order valence-corrected chi connectivity index (χ2v) is 9.76. The highest BCUT2D eigenvalue weighted by atomic mass is 32.2. The average Bonchev–Trinajstić information content (AvgIpc) is 3.40. The van der Waals surface area contributed by atoms with E-state index in [1.807, 2.05) is 28.6 Å². The summed E-state index contributed by atoms with van der Waals surface area (Å²) in [6.45, 7) is 6.29. The van der Waals surface area contributed by atoms with Crippen molar-refractivity contribution in [3.8, 4) is 5.69 Å². The summed E-state index contributed by atoms with van der Waals surface area (Å²) in [4.78, 5) is 18.1. The van der Waals surface area contributed by atoms with Gasteiger partial charge in [-0.1, -0.05) is 55.0 Å². The van der Waals surface area contributed by atoms with Gasteiger partial charge in [0, 0.05) is 16.5 Å². The molecule has 0 saturated heterocycles. The van der Waals surface area contributed by atoms with Crippen molar-refractivity contribution in [3.63, 3.8) is 0 Å². The van der Waals surface area contributed by atoms with Gasteiger partial charge in [-0.25, -0.2) is 9.67 Å². The van der Waals surface area contributed by atoms with Crippen LogP contribution >= 0.6 is 23.1 Å². The van der Waals surface area contributed by atoms with E-state index in [2.05, 4.69) is 66.5 Å². The van der Waals surface area contributed by atoms with E-state index in [1.54, 1.807) is 23.1 Å². The van der Waals surface area contributed by atoms with Crippen molar-refractivity contribution in [1.29, 1.82) is 0 Å². The highest BCUT2D eigenvalue weighted by molar-refractivity contribution is 8.00. The fourth-order valence-corrected chi connectivity index (χ4v) is 5.12. The molecular formula is C25H28N4OS2. The number of thioether (sulfide) groups is 1. The number of nitrogens with one attached hydrogen (secondary N) is 1.